The minimum atomic E-state index is 0.598. The van der Waals surface area contributed by atoms with Crippen LogP contribution in [0.5, 0.6) is 0 Å². The Balaban J connectivity index is 1.03. The molecule has 0 aliphatic carbocycles. The van der Waals surface area contributed by atoms with E-state index in [1.165, 1.54) is 10.8 Å². The maximum Gasteiger partial charge on any atom is 0.164 e. The van der Waals surface area contributed by atoms with Crippen LogP contribution in [0.4, 0.5) is 0 Å². The lowest BCUT2D eigenvalue weighted by atomic mass is 9.99. The molecule has 0 amide bonds. The average Bonchev–Trinajstić information content (AvgIpc) is 3.96. The smallest absolute Gasteiger partial charge is 0.164 e. The van der Waals surface area contributed by atoms with Gasteiger partial charge in [0.25, 0.3) is 0 Å². The summed E-state index contributed by atoms with van der Waals surface area (Å²) in [4.78, 5) is 14.8. The van der Waals surface area contributed by atoms with E-state index in [0.29, 0.717) is 17.5 Å². The molecule has 0 aliphatic heterocycles. The van der Waals surface area contributed by atoms with Gasteiger partial charge in [-0.05, 0) is 36.4 Å². The van der Waals surface area contributed by atoms with E-state index in [0.717, 1.165) is 88.4 Å². The van der Waals surface area contributed by atoms with Gasteiger partial charge < -0.3 is 13.4 Å². The second-order valence-electron chi connectivity index (χ2n) is 14.3. The molecule has 12 aromatic rings. The lowest BCUT2D eigenvalue weighted by Crippen LogP contribution is -2.00. The number of rotatable bonds is 5. The minimum Gasteiger partial charge on any atom is -0.455 e. The van der Waals surface area contributed by atoms with E-state index in [9.17, 15) is 0 Å². The predicted octanol–water partition coefficient (Wildman–Crippen LogP) is 13.4. The number of aromatic nitrogens is 4. The van der Waals surface area contributed by atoms with Gasteiger partial charge in [0.2, 0.25) is 0 Å². The van der Waals surface area contributed by atoms with Crippen LogP contribution in [0.2, 0.25) is 0 Å². The maximum atomic E-state index is 7.00. The van der Waals surface area contributed by atoms with Crippen molar-refractivity contribution in [2.75, 3.05) is 0 Å². The number of para-hydroxylation sites is 5. The Bertz CT molecular complexity index is 3410. The summed E-state index contributed by atoms with van der Waals surface area (Å²) in [7, 11) is 0. The number of furan rings is 2. The van der Waals surface area contributed by atoms with Gasteiger partial charge >= 0.3 is 0 Å². The monoisotopic (exact) mass is 730 g/mol. The quantitative estimate of drug-likeness (QED) is 0.176. The molecule has 4 aromatic heterocycles. The molecule has 4 heterocycles. The molecule has 12 rings (SSSR count). The van der Waals surface area contributed by atoms with E-state index in [2.05, 4.69) is 114 Å². The van der Waals surface area contributed by atoms with Crippen molar-refractivity contribution in [3.63, 3.8) is 0 Å². The molecule has 0 atom stereocenters. The second-order valence-corrected chi connectivity index (χ2v) is 14.3. The molecule has 0 spiro atoms. The third kappa shape index (κ3) is 4.87. The summed E-state index contributed by atoms with van der Waals surface area (Å²) in [5, 5.41) is 6.53. The van der Waals surface area contributed by atoms with Gasteiger partial charge in [0.15, 0.2) is 23.1 Å². The van der Waals surface area contributed by atoms with Crippen LogP contribution in [0.1, 0.15) is 0 Å². The fourth-order valence-corrected chi connectivity index (χ4v) is 8.46. The van der Waals surface area contributed by atoms with E-state index < -0.39 is 0 Å². The SMILES string of the molecule is c1ccc(-c2nc(-c3ccccc3)nc(-c3ccc4oc5c(-c6cccc7c6oc6c(-n8c9ccccc9c9ccccc98)cccc67)cccc5c4c3)n2)cc1. The van der Waals surface area contributed by atoms with Crippen molar-refractivity contribution in [2.24, 2.45) is 0 Å². The van der Waals surface area contributed by atoms with E-state index in [1.807, 2.05) is 72.8 Å². The first kappa shape index (κ1) is 31.5. The third-order valence-corrected chi connectivity index (χ3v) is 11.1. The average molecular weight is 731 g/mol. The molecule has 8 aromatic carbocycles. The maximum absolute atomic E-state index is 7.00. The van der Waals surface area contributed by atoms with Crippen molar-refractivity contribution < 1.29 is 8.83 Å². The summed E-state index contributed by atoms with van der Waals surface area (Å²) in [5.74, 6) is 1.85. The summed E-state index contributed by atoms with van der Waals surface area (Å²) in [6.07, 6.45) is 0. The molecule has 0 fully saturated rings. The Morgan fingerprint density at radius 1 is 0.333 bits per heavy atom. The fourth-order valence-electron chi connectivity index (χ4n) is 8.46. The Morgan fingerprint density at radius 3 is 1.42 bits per heavy atom. The highest BCUT2D eigenvalue weighted by molar-refractivity contribution is 6.17. The highest BCUT2D eigenvalue weighted by Crippen LogP contribution is 2.44. The normalized spacial score (nSPS) is 11.9. The van der Waals surface area contributed by atoms with Crippen molar-refractivity contribution in [3.05, 3.63) is 182 Å². The minimum absolute atomic E-state index is 0.598. The number of nitrogens with zero attached hydrogens (tertiary/aromatic N) is 4. The zero-order chi connectivity index (χ0) is 37.5. The van der Waals surface area contributed by atoms with Crippen LogP contribution >= 0.6 is 0 Å². The molecule has 0 radical (unpaired) electrons. The number of hydrogen-bond donors (Lipinski definition) is 0. The number of benzene rings is 8. The molecular formula is C51H30N4O2. The van der Waals surface area contributed by atoms with Gasteiger partial charge in [-0.2, -0.15) is 0 Å². The second kappa shape index (κ2) is 12.3. The Kier molecular flexibility index (Phi) is 6.83. The Hall–Kier alpha value is -7.83. The van der Waals surface area contributed by atoms with E-state index in [4.69, 9.17) is 23.8 Å². The van der Waals surface area contributed by atoms with Crippen LogP contribution in [0.3, 0.4) is 0 Å². The largest absolute Gasteiger partial charge is 0.455 e. The summed E-state index contributed by atoms with van der Waals surface area (Å²) in [6, 6.07) is 62.5. The van der Waals surface area contributed by atoms with Gasteiger partial charge in [-0.25, -0.2) is 15.0 Å². The Labute approximate surface area is 325 Å². The van der Waals surface area contributed by atoms with Gasteiger partial charge in [-0.3, -0.25) is 0 Å². The molecule has 6 nitrogen and oxygen atoms in total. The molecule has 0 N–H and O–H groups in total. The summed E-state index contributed by atoms with van der Waals surface area (Å²) >= 11 is 0. The molecule has 0 bridgehead atoms. The summed E-state index contributed by atoms with van der Waals surface area (Å²) in [6.45, 7) is 0. The van der Waals surface area contributed by atoms with Crippen molar-refractivity contribution in [2.45, 2.75) is 0 Å². The highest BCUT2D eigenvalue weighted by Gasteiger charge is 2.21. The molecule has 57 heavy (non-hydrogen) atoms. The van der Waals surface area contributed by atoms with Crippen LogP contribution in [0.25, 0.3) is 117 Å². The number of hydrogen-bond acceptors (Lipinski definition) is 5. The lowest BCUT2D eigenvalue weighted by molar-refractivity contribution is 0.663. The fraction of sp³-hybridized carbons (Fsp3) is 0. The highest BCUT2D eigenvalue weighted by atomic mass is 16.3. The van der Waals surface area contributed by atoms with Gasteiger partial charge in [0.05, 0.1) is 16.7 Å². The van der Waals surface area contributed by atoms with Crippen LogP contribution in [0.15, 0.2) is 191 Å². The third-order valence-electron chi connectivity index (χ3n) is 11.1. The molecule has 266 valence electrons. The van der Waals surface area contributed by atoms with E-state index in [-0.39, 0.29) is 0 Å². The van der Waals surface area contributed by atoms with Crippen molar-refractivity contribution in [3.8, 4) is 51.0 Å². The van der Waals surface area contributed by atoms with Crippen LogP contribution in [0, 0.1) is 0 Å². The standard InChI is InChI=1S/C51H30N4O2/c1-3-14-31(15-4-1)49-52-50(32-16-5-2-6-17-32)54-51(53-49)33-28-29-45-41(30-33)40-23-12-20-36(46(40)56-45)37-21-11-22-38-39-24-13-27-44(48(39)57-47(37)38)55-42-25-9-7-18-34(42)35-19-8-10-26-43(35)55/h1-30H. The molecular weight excluding hydrogens is 701 g/mol. The molecule has 0 saturated heterocycles. The van der Waals surface area contributed by atoms with E-state index in [1.54, 1.807) is 0 Å². The van der Waals surface area contributed by atoms with Crippen LogP contribution in [-0.2, 0) is 0 Å². The first-order valence-electron chi connectivity index (χ1n) is 19.0. The zero-order valence-corrected chi connectivity index (χ0v) is 30.4. The molecule has 0 aliphatic rings. The first-order valence-corrected chi connectivity index (χ1v) is 19.0. The molecule has 6 heteroatoms. The first-order chi connectivity index (χ1) is 28.3. The molecule has 0 saturated carbocycles. The van der Waals surface area contributed by atoms with Crippen molar-refractivity contribution in [1.29, 1.82) is 0 Å². The lowest BCUT2D eigenvalue weighted by Gasteiger charge is -2.08. The Morgan fingerprint density at radius 2 is 0.807 bits per heavy atom. The van der Waals surface area contributed by atoms with Crippen molar-refractivity contribution >= 4 is 65.7 Å². The molecule has 0 unspecified atom stereocenters. The summed E-state index contributed by atoms with van der Waals surface area (Å²) < 4.78 is 16.0. The van der Waals surface area contributed by atoms with Gasteiger partial charge in [-0.1, -0.05) is 146 Å². The topological polar surface area (TPSA) is 69.9 Å². The van der Waals surface area contributed by atoms with E-state index >= 15 is 0 Å². The van der Waals surface area contributed by atoms with Crippen LogP contribution in [-0.4, -0.2) is 19.5 Å². The van der Waals surface area contributed by atoms with Crippen molar-refractivity contribution in [1.82, 2.24) is 19.5 Å². The summed E-state index contributed by atoms with van der Waals surface area (Å²) in [5.41, 5.74) is 11.2. The van der Waals surface area contributed by atoms with Gasteiger partial charge in [-0.15, -0.1) is 0 Å². The van der Waals surface area contributed by atoms with Gasteiger partial charge in [0.1, 0.15) is 16.7 Å². The number of fused-ring (bicyclic) bond motifs is 9. The predicted molar refractivity (Wildman–Crippen MR) is 230 cm³/mol. The zero-order valence-electron chi connectivity index (χ0n) is 30.4. The van der Waals surface area contributed by atoms with Gasteiger partial charge in [0, 0.05) is 60.1 Å². The van der Waals surface area contributed by atoms with Crippen LogP contribution < -0.4 is 0 Å².